The third-order valence-electron chi connectivity index (χ3n) is 6.23. The molecule has 0 bridgehead atoms. The van der Waals surface area contributed by atoms with Crippen LogP contribution < -0.4 is 19.1 Å². The maximum Gasteiger partial charge on any atom is 0.264 e. The number of nitrogens with one attached hydrogen (secondary N) is 1. The molecule has 36 heavy (non-hydrogen) atoms. The Morgan fingerprint density at radius 2 is 1.64 bits per heavy atom. The standard InChI is InChI=1S/C28H32N2O5S/c1-19-6-10-21(11-7-19)30(36(32,33)23-13-8-20(2)9-14-23)18-27(31)29-25-17-28(3,4)35-26-16-22(34-5)12-15-24(25)26/h6-16,25H,17-18H2,1-5H3,(H,29,31). The number of hydrogen-bond donors (Lipinski definition) is 1. The largest absolute Gasteiger partial charge is 0.497 e. The van der Waals surface area contributed by atoms with Crippen LogP contribution in [0.3, 0.4) is 0 Å². The smallest absolute Gasteiger partial charge is 0.264 e. The summed E-state index contributed by atoms with van der Waals surface area (Å²) in [5.74, 6) is 0.889. The van der Waals surface area contributed by atoms with E-state index in [0.717, 1.165) is 21.0 Å². The topological polar surface area (TPSA) is 84.9 Å². The SMILES string of the molecule is COc1ccc2c(c1)OC(C)(C)CC2NC(=O)CN(c1ccc(C)cc1)S(=O)(=O)c1ccc(C)cc1. The number of anilines is 1. The Morgan fingerprint density at radius 3 is 2.25 bits per heavy atom. The number of hydrogen-bond acceptors (Lipinski definition) is 5. The van der Waals surface area contributed by atoms with Gasteiger partial charge in [0.15, 0.2) is 0 Å². The van der Waals surface area contributed by atoms with E-state index in [0.29, 0.717) is 23.6 Å². The highest BCUT2D eigenvalue weighted by molar-refractivity contribution is 7.92. The third-order valence-corrected chi connectivity index (χ3v) is 8.02. The number of amides is 1. The number of fused-ring (bicyclic) bond motifs is 1. The summed E-state index contributed by atoms with van der Waals surface area (Å²) in [4.78, 5) is 13.5. The van der Waals surface area contributed by atoms with E-state index in [-0.39, 0.29) is 17.5 Å². The Morgan fingerprint density at radius 1 is 1.03 bits per heavy atom. The molecular formula is C28H32N2O5S. The Labute approximate surface area is 213 Å². The summed E-state index contributed by atoms with van der Waals surface area (Å²) in [6.45, 7) is 7.37. The fourth-order valence-electron chi connectivity index (χ4n) is 4.32. The van der Waals surface area contributed by atoms with Crippen molar-refractivity contribution in [3.8, 4) is 11.5 Å². The summed E-state index contributed by atoms with van der Waals surface area (Å²) < 4.78 is 39.9. The first-order valence-corrected chi connectivity index (χ1v) is 13.2. The summed E-state index contributed by atoms with van der Waals surface area (Å²) in [5.41, 5.74) is 2.67. The summed E-state index contributed by atoms with van der Waals surface area (Å²) in [5, 5.41) is 3.05. The van der Waals surface area contributed by atoms with Crippen molar-refractivity contribution in [1.29, 1.82) is 0 Å². The molecule has 0 aromatic heterocycles. The maximum absolute atomic E-state index is 13.6. The Hall–Kier alpha value is -3.52. The monoisotopic (exact) mass is 508 g/mol. The number of carbonyl (C=O) groups is 1. The molecule has 0 saturated heterocycles. The fourth-order valence-corrected chi connectivity index (χ4v) is 5.74. The average molecular weight is 509 g/mol. The normalized spacial score (nSPS) is 16.4. The zero-order valence-electron chi connectivity index (χ0n) is 21.2. The van der Waals surface area contributed by atoms with Crippen LogP contribution in [0.15, 0.2) is 71.6 Å². The van der Waals surface area contributed by atoms with Gasteiger partial charge in [-0.05, 0) is 64.1 Å². The number of rotatable bonds is 7. The minimum absolute atomic E-state index is 0.131. The number of benzene rings is 3. The van der Waals surface area contributed by atoms with Gasteiger partial charge >= 0.3 is 0 Å². The average Bonchev–Trinajstić information content (AvgIpc) is 2.82. The van der Waals surface area contributed by atoms with Gasteiger partial charge in [0.25, 0.3) is 10.0 Å². The van der Waals surface area contributed by atoms with Gasteiger partial charge in [0.05, 0.1) is 23.7 Å². The molecule has 0 radical (unpaired) electrons. The number of ether oxygens (including phenoxy) is 2. The molecule has 7 nitrogen and oxygen atoms in total. The molecule has 1 atom stereocenters. The van der Waals surface area contributed by atoms with Crippen molar-refractivity contribution in [3.05, 3.63) is 83.4 Å². The molecule has 0 aliphatic carbocycles. The molecular weight excluding hydrogens is 476 g/mol. The van der Waals surface area contributed by atoms with Crippen LogP contribution in [-0.4, -0.2) is 33.6 Å². The van der Waals surface area contributed by atoms with Crippen LogP contribution in [0.25, 0.3) is 0 Å². The lowest BCUT2D eigenvalue weighted by atomic mass is 9.89. The van der Waals surface area contributed by atoms with E-state index >= 15 is 0 Å². The zero-order valence-corrected chi connectivity index (χ0v) is 22.1. The first kappa shape index (κ1) is 25.6. The molecule has 1 amide bonds. The van der Waals surface area contributed by atoms with E-state index in [9.17, 15) is 13.2 Å². The number of carbonyl (C=O) groups excluding carboxylic acids is 1. The third kappa shape index (κ3) is 5.49. The second-order valence-corrected chi connectivity index (χ2v) is 11.6. The van der Waals surface area contributed by atoms with Gasteiger partial charge in [-0.15, -0.1) is 0 Å². The molecule has 4 rings (SSSR count). The Bertz CT molecular complexity index is 1350. The molecule has 3 aromatic carbocycles. The van der Waals surface area contributed by atoms with Crippen molar-refractivity contribution in [2.24, 2.45) is 0 Å². The van der Waals surface area contributed by atoms with Crippen LogP contribution in [0.2, 0.25) is 0 Å². The summed E-state index contributed by atoms with van der Waals surface area (Å²) in [7, 11) is -2.39. The van der Waals surface area contributed by atoms with E-state index < -0.39 is 21.5 Å². The predicted molar refractivity (Wildman–Crippen MR) is 140 cm³/mol. The van der Waals surface area contributed by atoms with Crippen molar-refractivity contribution in [2.75, 3.05) is 18.0 Å². The van der Waals surface area contributed by atoms with Gasteiger partial charge in [-0.1, -0.05) is 35.4 Å². The van der Waals surface area contributed by atoms with Crippen LogP contribution in [0.4, 0.5) is 5.69 Å². The minimum atomic E-state index is -3.98. The fraction of sp³-hybridized carbons (Fsp3) is 0.321. The second kappa shape index (κ2) is 9.85. The van der Waals surface area contributed by atoms with Gasteiger partial charge in [-0.2, -0.15) is 0 Å². The van der Waals surface area contributed by atoms with Crippen molar-refractivity contribution in [2.45, 2.75) is 50.7 Å². The van der Waals surface area contributed by atoms with Crippen molar-refractivity contribution >= 4 is 21.6 Å². The van der Waals surface area contributed by atoms with Gasteiger partial charge in [-0.25, -0.2) is 8.42 Å². The molecule has 1 heterocycles. The van der Waals surface area contributed by atoms with E-state index in [4.69, 9.17) is 9.47 Å². The molecule has 1 N–H and O–H groups in total. The quantitative estimate of drug-likeness (QED) is 0.489. The first-order chi connectivity index (χ1) is 17.0. The minimum Gasteiger partial charge on any atom is -0.497 e. The van der Waals surface area contributed by atoms with E-state index in [2.05, 4.69) is 5.32 Å². The van der Waals surface area contributed by atoms with Gasteiger partial charge in [0, 0.05) is 18.1 Å². The Kier molecular flexibility index (Phi) is 7.00. The lowest BCUT2D eigenvalue weighted by molar-refractivity contribution is -0.120. The first-order valence-electron chi connectivity index (χ1n) is 11.8. The highest BCUT2D eigenvalue weighted by Gasteiger charge is 2.36. The molecule has 190 valence electrons. The summed E-state index contributed by atoms with van der Waals surface area (Å²) in [6.07, 6.45) is 0.535. The predicted octanol–water partition coefficient (Wildman–Crippen LogP) is 4.93. The maximum atomic E-state index is 13.6. The van der Waals surface area contributed by atoms with Gasteiger partial charge in [0.2, 0.25) is 5.91 Å². The number of nitrogens with zero attached hydrogens (tertiary/aromatic N) is 1. The number of aryl methyl sites for hydroxylation is 2. The van der Waals surface area contributed by atoms with Crippen molar-refractivity contribution in [1.82, 2.24) is 5.32 Å². The van der Waals surface area contributed by atoms with Crippen molar-refractivity contribution < 1.29 is 22.7 Å². The van der Waals surface area contributed by atoms with Crippen LogP contribution in [0, 0.1) is 13.8 Å². The highest BCUT2D eigenvalue weighted by Crippen LogP contribution is 2.41. The zero-order chi connectivity index (χ0) is 26.1. The molecule has 0 saturated carbocycles. The molecule has 0 fully saturated rings. The van der Waals surface area contributed by atoms with E-state index in [1.807, 2.05) is 52.0 Å². The molecule has 1 aliphatic rings. The van der Waals surface area contributed by atoms with Crippen LogP contribution >= 0.6 is 0 Å². The molecule has 3 aromatic rings. The molecule has 0 spiro atoms. The molecule has 1 unspecified atom stereocenters. The Balaban J connectivity index is 1.64. The lowest BCUT2D eigenvalue weighted by Crippen LogP contribution is -2.45. The van der Waals surface area contributed by atoms with Crippen molar-refractivity contribution in [3.63, 3.8) is 0 Å². The molecule has 8 heteroatoms. The van der Waals surface area contributed by atoms with Gasteiger partial charge in [0.1, 0.15) is 23.6 Å². The highest BCUT2D eigenvalue weighted by atomic mass is 32.2. The van der Waals surface area contributed by atoms with Gasteiger partial charge in [-0.3, -0.25) is 9.10 Å². The summed E-state index contributed by atoms with van der Waals surface area (Å²) in [6, 6.07) is 18.9. The summed E-state index contributed by atoms with van der Waals surface area (Å²) >= 11 is 0. The van der Waals surface area contributed by atoms with E-state index in [1.54, 1.807) is 49.6 Å². The lowest BCUT2D eigenvalue weighted by Gasteiger charge is -2.38. The number of sulfonamides is 1. The van der Waals surface area contributed by atoms with Crippen LogP contribution in [-0.2, 0) is 14.8 Å². The second-order valence-electron chi connectivity index (χ2n) is 9.75. The van der Waals surface area contributed by atoms with Crippen LogP contribution in [0.5, 0.6) is 11.5 Å². The van der Waals surface area contributed by atoms with Gasteiger partial charge < -0.3 is 14.8 Å². The number of methoxy groups -OCH3 is 1. The van der Waals surface area contributed by atoms with E-state index in [1.165, 1.54) is 0 Å². The molecule has 1 aliphatic heterocycles. The van der Waals surface area contributed by atoms with Crippen LogP contribution in [0.1, 0.15) is 43.0 Å².